The van der Waals surface area contributed by atoms with Crippen molar-refractivity contribution in [2.75, 3.05) is 37.8 Å². The molecule has 3 heterocycles. The molecule has 174 valence electrons. The van der Waals surface area contributed by atoms with Crippen molar-refractivity contribution < 1.29 is 0 Å². The number of nitrogens with zero attached hydrogens (tertiary/aromatic N) is 6. The van der Waals surface area contributed by atoms with Gasteiger partial charge in [-0.3, -0.25) is 0 Å². The Balaban J connectivity index is 1.58. The van der Waals surface area contributed by atoms with Gasteiger partial charge in [-0.1, -0.05) is 35.5 Å². The van der Waals surface area contributed by atoms with Gasteiger partial charge in [-0.2, -0.15) is 10.5 Å². The Morgan fingerprint density at radius 3 is 2.44 bits per heavy atom. The van der Waals surface area contributed by atoms with Crippen molar-refractivity contribution in [3.63, 3.8) is 0 Å². The largest absolute Gasteiger partial charge is 0.382 e. The fourth-order valence-corrected chi connectivity index (χ4v) is 5.99. The van der Waals surface area contributed by atoms with Crippen LogP contribution in [0.25, 0.3) is 10.6 Å². The zero-order valence-electron chi connectivity index (χ0n) is 19.0. The zero-order chi connectivity index (χ0) is 24.2. The molecule has 2 aromatic heterocycles. The van der Waals surface area contributed by atoms with Crippen molar-refractivity contribution in [3.8, 4) is 22.7 Å². The van der Waals surface area contributed by atoms with Gasteiger partial charge < -0.3 is 15.5 Å². The van der Waals surface area contributed by atoms with Crippen LogP contribution in [0.4, 0.5) is 11.5 Å². The molecule has 0 saturated carbocycles. The van der Waals surface area contributed by atoms with E-state index in [0.29, 0.717) is 33.1 Å². The third-order valence-electron chi connectivity index (χ3n) is 5.90. The topological polar surface area (TPSA) is 106 Å². The summed E-state index contributed by atoms with van der Waals surface area (Å²) in [6.45, 7) is 1.52. The van der Waals surface area contributed by atoms with Gasteiger partial charge >= 0.3 is 0 Å². The van der Waals surface area contributed by atoms with E-state index in [1.165, 1.54) is 11.8 Å². The Hall–Kier alpha value is -2.82. The average Bonchev–Trinajstić information content (AvgIpc) is 3.31. The highest BCUT2D eigenvalue weighted by atomic mass is 35.5. The summed E-state index contributed by atoms with van der Waals surface area (Å²) in [5, 5.41) is 23.9. The first-order valence-corrected chi connectivity index (χ1v) is 13.0. The van der Waals surface area contributed by atoms with Crippen LogP contribution in [0, 0.1) is 22.7 Å². The van der Waals surface area contributed by atoms with Crippen molar-refractivity contribution >= 4 is 46.2 Å². The molecule has 0 atom stereocenters. The summed E-state index contributed by atoms with van der Waals surface area (Å²) in [6, 6.07) is 12.5. The molecule has 0 bridgehead atoms. The minimum Gasteiger partial charge on any atom is -0.382 e. The third kappa shape index (κ3) is 5.13. The fourth-order valence-electron chi connectivity index (χ4n) is 4.05. The van der Waals surface area contributed by atoms with Crippen LogP contribution in [-0.2, 0) is 5.75 Å². The SMILES string of the molecule is CN(C)C1CCN(c2c(C#N)c(N)nc(SCc3csc(-c4ccc(Cl)cc4)n3)c2C#N)CC1. The van der Waals surface area contributed by atoms with Crippen LogP contribution < -0.4 is 10.6 Å². The minimum atomic E-state index is 0.161. The number of thiazole rings is 1. The minimum absolute atomic E-state index is 0.161. The first-order chi connectivity index (χ1) is 16.4. The summed E-state index contributed by atoms with van der Waals surface area (Å²) >= 11 is 8.96. The van der Waals surface area contributed by atoms with Crippen LogP contribution in [0.5, 0.6) is 0 Å². The molecule has 3 aromatic rings. The molecular formula is C24H24ClN7S2. The lowest BCUT2D eigenvalue weighted by Crippen LogP contribution is -2.42. The van der Waals surface area contributed by atoms with E-state index in [0.717, 1.165) is 42.2 Å². The van der Waals surface area contributed by atoms with E-state index in [9.17, 15) is 10.5 Å². The van der Waals surface area contributed by atoms with E-state index in [2.05, 4.69) is 41.0 Å². The molecule has 34 heavy (non-hydrogen) atoms. The van der Waals surface area contributed by atoms with E-state index >= 15 is 0 Å². The highest BCUT2D eigenvalue weighted by molar-refractivity contribution is 7.98. The fraction of sp³-hybridized carbons (Fsp3) is 0.333. The number of pyridine rings is 1. The number of benzene rings is 1. The van der Waals surface area contributed by atoms with E-state index in [4.69, 9.17) is 22.3 Å². The lowest BCUT2D eigenvalue weighted by molar-refractivity contribution is 0.249. The van der Waals surface area contributed by atoms with E-state index in [1.54, 1.807) is 11.3 Å². The Morgan fingerprint density at radius 1 is 1.15 bits per heavy atom. The van der Waals surface area contributed by atoms with Crippen LogP contribution in [-0.4, -0.2) is 48.1 Å². The molecule has 1 saturated heterocycles. The summed E-state index contributed by atoms with van der Waals surface area (Å²) in [5.41, 5.74) is 9.38. The van der Waals surface area contributed by atoms with Gasteiger partial charge in [0.15, 0.2) is 0 Å². The predicted octanol–water partition coefficient (Wildman–Crippen LogP) is 5.01. The Morgan fingerprint density at radius 2 is 1.82 bits per heavy atom. The van der Waals surface area contributed by atoms with E-state index in [1.807, 2.05) is 29.6 Å². The maximum atomic E-state index is 10.0. The lowest BCUT2D eigenvalue weighted by Gasteiger charge is -2.37. The molecule has 4 rings (SSSR count). The Bertz CT molecular complexity index is 1250. The van der Waals surface area contributed by atoms with E-state index < -0.39 is 0 Å². The van der Waals surface area contributed by atoms with Gasteiger partial charge in [-0.15, -0.1) is 11.3 Å². The molecule has 10 heteroatoms. The zero-order valence-corrected chi connectivity index (χ0v) is 21.3. The molecule has 0 radical (unpaired) electrons. The number of hydrogen-bond acceptors (Lipinski definition) is 9. The number of halogens is 1. The first kappa shape index (κ1) is 24.3. The van der Waals surface area contributed by atoms with Crippen LogP contribution >= 0.6 is 34.7 Å². The highest BCUT2D eigenvalue weighted by Crippen LogP contribution is 2.38. The second-order valence-corrected chi connectivity index (χ2v) is 10.5. The molecular weight excluding hydrogens is 486 g/mol. The maximum Gasteiger partial charge on any atom is 0.144 e. The number of thioether (sulfide) groups is 1. The second kappa shape index (κ2) is 10.6. The van der Waals surface area contributed by atoms with Crippen LogP contribution in [0.15, 0.2) is 34.7 Å². The number of rotatable bonds is 6. The molecule has 0 unspecified atom stereocenters. The van der Waals surface area contributed by atoms with Crippen molar-refractivity contribution in [2.45, 2.75) is 29.7 Å². The van der Waals surface area contributed by atoms with Crippen molar-refractivity contribution in [3.05, 3.63) is 51.5 Å². The molecule has 0 amide bonds. The number of nitrogens with two attached hydrogens (primary N) is 1. The van der Waals surface area contributed by atoms with E-state index in [-0.39, 0.29) is 11.4 Å². The van der Waals surface area contributed by atoms with Crippen molar-refractivity contribution in [2.24, 2.45) is 0 Å². The van der Waals surface area contributed by atoms with Crippen LogP contribution in [0.2, 0.25) is 5.02 Å². The average molecular weight is 510 g/mol. The van der Waals surface area contributed by atoms with Gasteiger partial charge in [-0.25, -0.2) is 9.97 Å². The Kier molecular flexibility index (Phi) is 7.60. The molecule has 0 aliphatic carbocycles. The maximum absolute atomic E-state index is 10.0. The first-order valence-electron chi connectivity index (χ1n) is 10.8. The monoisotopic (exact) mass is 509 g/mol. The standard InChI is InChI=1S/C24H24ClN7S2/c1-31(2)18-7-9-32(10-8-18)21-19(11-26)22(28)30-24(20(21)12-27)34-14-17-13-33-23(29-17)15-3-5-16(25)6-4-15/h3-6,13,18H,7-10,14H2,1-2H3,(H2,28,30). The Labute approximate surface area is 212 Å². The smallest absolute Gasteiger partial charge is 0.144 e. The summed E-state index contributed by atoms with van der Waals surface area (Å²) in [6.07, 6.45) is 1.92. The number of aromatic nitrogens is 2. The number of anilines is 2. The van der Waals surface area contributed by atoms with Crippen molar-refractivity contribution in [1.29, 1.82) is 10.5 Å². The third-order valence-corrected chi connectivity index (χ3v) is 8.10. The molecule has 0 spiro atoms. The highest BCUT2D eigenvalue weighted by Gasteiger charge is 2.28. The summed E-state index contributed by atoms with van der Waals surface area (Å²) in [7, 11) is 4.16. The number of nitriles is 2. The quantitative estimate of drug-likeness (QED) is 0.462. The molecule has 1 aromatic carbocycles. The molecule has 7 nitrogen and oxygen atoms in total. The van der Waals surface area contributed by atoms with Crippen LogP contribution in [0.1, 0.15) is 29.7 Å². The second-order valence-electron chi connectivity index (χ2n) is 8.25. The van der Waals surface area contributed by atoms with Gasteiger partial charge in [0, 0.05) is 40.9 Å². The molecule has 1 aliphatic rings. The summed E-state index contributed by atoms with van der Waals surface area (Å²) in [5.74, 6) is 0.702. The molecule has 1 fully saturated rings. The number of nitrogen functional groups attached to an aromatic ring is 1. The number of piperidine rings is 1. The van der Waals surface area contributed by atoms with Gasteiger partial charge in [0.25, 0.3) is 0 Å². The lowest BCUT2D eigenvalue weighted by atomic mass is 10.0. The van der Waals surface area contributed by atoms with Crippen LogP contribution in [0.3, 0.4) is 0 Å². The normalized spacial score (nSPS) is 14.2. The van der Waals surface area contributed by atoms with Gasteiger partial charge in [0.2, 0.25) is 0 Å². The predicted molar refractivity (Wildman–Crippen MR) is 139 cm³/mol. The summed E-state index contributed by atoms with van der Waals surface area (Å²) in [4.78, 5) is 13.5. The van der Waals surface area contributed by atoms with Gasteiger partial charge in [0.05, 0.1) is 11.4 Å². The van der Waals surface area contributed by atoms with Gasteiger partial charge in [-0.05, 0) is 39.1 Å². The van der Waals surface area contributed by atoms with Gasteiger partial charge in [0.1, 0.15) is 39.1 Å². The van der Waals surface area contributed by atoms with Crippen molar-refractivity contribution in [1.82, 2.24) is 14.9 Å². The molecule has 2 N–H and O–H groups in total. The molecule has 1 aliphatic heterocycles. The summed E-state index contributed by atoms with van der Waals surface area (Å²) < 4.78 is 0. The number of hydrogen-bond donors (Lipinski definition) is 1.